The Morgan fingerprint density at radius 3 is 2.30 bits per heavy atom. The van der Waals surface area contributed by atoms with Gasteiger partial charge in [0.25, 0.3) is 0 Å². The van der Waals surface area contributed by atoms with Gasteiger partial charge < -0.3 is 5.11 Å². The summed E-state index contributed by atoms with van der Waals surface area (Å²) in [4.78, 5) is 26.4. The smallest absolute Gasteiger partial charge is 0.310 e. The van der Waals surface area contributed by atoms with Gasteiger partial charge in [-0.1, -0.05) is 66.2 Å². The number of hydrogen-bond acceptors (Lipinski definition) is 2. The lowest BCUT2D eigenvalue weighted by Crippen LogP contribution is -2.65. The van der Waals surface area contributed by atoms with E-state index >= 15 is 0 Å². The van der Waals surface area contributed by atoms with E-state index < -0.39 is 11.4 Å². The first-order valence-electron chi connectivity index (χ1n) is 15.8. The molecular formula is C36H49FO3. The summed E-state index contributed by atoms with van der Waals surface area (Å²) in [6.45, 7) is 16.4. The number of carbonyl (C=O) groups excluding carboxylic acids is 1. The molecule has 5 aliphatic carbocycles. The first kappa shape index (κ1) is 28.2. The average molecular weight is 549 g/mol. The zero-order chi connectivity index (χ0) is 29.1. The first-order chi connectivity index (χ1) is 18.5. The normalized spacial score (nSPS) is 43.7. The van der Waals surface area contributed by atoms with Crippen molar-refractivity contribution in [1.29, 1.82) is 0 Å². The zero-order valence-corrected chi connectivity index (χ0v) is 25.8. The van der Waals surface area contributed by atoms with Gasteiger partial charge in [-0.25, -0.2) is 4.39 Å². The van der Waals surface area contributed by atoms with Crippen LogP contribution in [0.2, 0.25) is 0 Å². The largest absolute Gasteiger partial charge is 0.481 e. The Morgan fingerprint density at radius 1 is 0.925 bits per heavy atom. The first-order valence-corrected chi connectivity index (χ1v) is 15.8. The number of halogens is 1. The molecule has 0 radical (unpaired) electrons. The van der Waals surface area contributed by atoms with Gasteiger partial charge in [0.15, 0.2) is 0 Å². The number of aliphatic carboxylic acids is 1. The second-order valence-electron chi connectivity index (χ2n) is 16.5. The van der Waals surface area contributed by atoms with E-state index in [0.29, 0.717) is 36.9 Å². The molecule has 40 heavy (non-hydrogen) atoms. The van der Waals surface area contributed by atoms with Gasteiger partial charge in [-0.3, -0.25) is 9.59 Å². The molecule has 1 aromatic rings. The van der Waals surface area contributed by atoms with E-state index in [1.807, 2.05) is 6.07 Å². The van der Waals surface area contributed by atoms with Crippen molar-refractivity contribution in [2.24, 2.45) is 50.2 Å². The van der Waals surface area contributed by atoms with Crippen LogP contribution in [0.4, 0.5) is 4.39 Å². The fourth-order valence-electron chi connectivity index (χ4n) is 11.5. The molecule has 0 aromatic heterocycles. The molecule has 0 heterocycles. The lowest BCUT2D eigenvalue weighted by atomic mass is 9.32. The lowest BCUT2D eigenvalue weighted by molar-refractivity contribution is -0.188. The predicted octanol–water partition coefficient (Wildman–Crippen LogP) is 9.11. The van der Waals surface area contributed by atoms with E-state index in [4.69, 9.17) is 0 Å². The summed E-state index contributed by atoms with van der Waals surface area (Å²) in [7, 11) is 0. The van der Waals surface area contributed by atoms with Gasteiger partial charge in [-0.2, -0.15) is 0 Å². The van der Waals surface area contributed by atoms with Gasteiger partial charge in [0.05, 0.1) is 5.41 Å². The highest BCUT2D eigenvalue weighted by Gasteiger charge is 2.70. The van der Waals surface area contributed by atoms with Crippen LogP contribution in [0.3, 0.4) is 0 Å². The Kier molecular flexibility index (Phi) is 6.01. The topological polar surface area (TPSA) is 54.4 Å². The van der Waals surface area contributed by atoms with E-state index in [2.05, 4.69) is 54.5 Å². The molecule has 0 saturated heterocycles. The maximum Gasteiger partial charge on any atom is 0.310 e. The highest BCUT2D eigenvalue weighted by molar-refractivity contribution is 5.86. The third-order valence-corrected chi connectivity index (χ3v) is 14.1. The molecule has 7 unspecified atom stereocenters. The number of allylic oxidation sites excluding steroid dienone is 2. The summed E-state index contributed by atoms with van der Waals surface area (Å²) < 4.78 is 14.8. The van der Waals surface area contributed by atoms with Crippen molar-refractivity contribution in [1.82, 2.24) is 0 Å². The van der Waals surface area contributed by atoms with Gasteiger partial charge in [0.1, 0.15) is 11.6 Å². The van der Waals surface area contributed by atoms with Crippen molar-refractivity contribution in [3.8, 4) is 0 Å². The molecule has 0 amide bonds. The van der Waals surface area contributed by atoms with Gasteiger partial charge in [-0.05, 0) is 120 Å². The summed E-state index contributed by atoms with van der Waals surface area (Å²) in [6, 6.07) is 7.07. The minimum absolute atomic E-state index is 0.00466. The van der Waals surface area contributed by atoms with Crippen LogP contribution in [0.25, 0.3) is 5.57 Å². The van der Waals surface area contributed by atoms with Crippen molar-refractivity contribution >= 4 is 17.3 Å². The van der Waals surface area contributed by atoms with E-state index in [-0.39, 0.29) is 38.8 Å². The average Bonchev–Trinajstić information content (AvgIpc) is 2.86. The maximum absolute atomic E-state index is 14.8. The molecule has 6 rings (SSSR count). The van der Waals surface area contributed by atoms with E-state index in [9.17, 15) is 19.1 Å². The van der Waals surface area contributed by atoms with Gasteiger partial charge in [0.2, 0.25) is 0 Å². The highest BCUT2D eigenvalue weighted by atomic mass is 19.1. The minimum atomic E-state index is -0.744. The third kappa shape index (κ3) is 3.52. The highest BCUT2D eigenvalue weighted by Crippen LogP contribution is 2.77. The Morgan fingerprint density at radius 2 is 1.62 bits per heavy atom. The second kappa shape index (κ2) is 8.54. The van der Waals surface area contributed by atoms with Crippen LogP contribution >= 0.6 is 0 Å². The third-order valence-electron chi connectivity index (χ3n) is 14.1. The number of benzene rings is 1. The van der Waals surface area contributed by atoms with Crippen molar-refractivity contribution in [2.45, 2.75) is 113 Å². The minimum Gasteiger partial charge on any atom is -0.481 e. The van der Waals surface area contributed by atoms with Crippen LogP contribution in [-0.2, 0) is 9.59 Å². The van der Waals surface area contributed by atoms with Crippen LogP contribution in [0.5, 0.6) is 0 Å². The number of fused-ring (bicyclic) bond motifs is 7. The second-order valence-corrected chi connectivity index (χ2v) is 16.5. The molecule has 5 aliphatic rings. The molecule has 0 spiro atoms. The van der Waals surface area contributed by atoms with E-state index in [1.165, 1.54) is 17.2 Å². The van der Waals surface area contributed by atoms with Gasteiger partial charge in [0, 0.05) is 11.8 Å². The fraction of sp³-hybridized carbons (Fsp3) is 0.722. The summed E-state index contributed by atoms with van der Waals surface area (Å²) in [6.07, 6.45) is 8.57. The van der Waals surface area contributed by atoms with Crippen LogP contribution in [-0.4, -0.2) is 16.9 Å². The lowest BCUT2D eigenvalue weighted by Gasteiger charge is -2.71. The van der Waals surface area contributed by atoms with Crippen molar-refractivity contribution in [3.63, 3.8) is 0 Å². The van der Waals surface area contributed by atoms with E-state index in [1.54, 1.807) is 6.07 Å². The van der Waals surface area contributed by atoms with Crippen molar-refractivity contribution in [3.05, 3.63) is 41.2 Å². The van der Waals surface area contributed by atoms with Crippen LogP contribution in [0.15, 0.2) is 29.8 Å². The van der Waals surface area contributed by atoms with Crippen molar-refractivity contribution < 1.29 is 19.1 Å². The van der Waals surface area contributed by atoms with Crippen LogP contribution in [0, 0.1) is 56.1 Å². The Bertz CT molecular complexity index is 1310. The number of carboxylic acid groups (broad SMARTS) is 1. The molecular weight excluding hydrogens is 499 g/mol. The van der Waals surface area contributed by atoms with Crippen LogP contribution in [0.1, 0.15) is 118 Å². The Labute approximate surface area is 240 Å². The standard InChI is InChI=1S/C36H49FO3/c1-31(2)15-17-36(30(39)40)18-16-35(7)29(25(36)21-31)24(22-9-8-10-23(37)19-22)20-27-33(5)13-12-28(38)32(3,4)26(33)11-14-34(27,35)6/h8-10,19,25-27H,11-18,20-21H2,1-7H3,(H,39,40). The van der Waals surface area contributed by atoms with Gasteiger partial charge >= 0.3 is 5.97 Å². The number of Topliss-reactive ketones (excluding diaryl/α,β-unsaturated/α-hetero) is 1. The molecule has 1 aromatic carbocycles. The molecule has 0 bridgehead atoms. The number of carboxylic acids is 1. The number of carbonyl (C=O) groups is 2. The molecule has 218 valence electrons. The molecule has 1 N–H and O–H groups in total. The van der Waals surface area contributed by atoms with E-state index in [0.717, 1.165) is 50.5 Å². The number of hydrogen-bond donors (Lipinski definition) is 1. The number of ketones is 1. The zero-order valence-electron chi connectivity index (χ0n) is 25.8. The molecule has 4 saturated carbocycles. The molecule has 4 fully saturated rings. The van der Waals surface area contributed by atoms with Gasteiger partial charge in [-0.15, -0.1) is 0 Å². The summed E-state index contributed by atoms with van der Waals surface area (Å²) in [5, 5.41) is 10.8. The molecule has 3 nitrogen and oxygen atoms in total. The van der Waals surface area contributed by atoms with Crippen LogP contribution < -0.4 is 0 Å². The summed E-state index contributed by atoms with van der Waals surface area (Å²) in [5.74, 6) is 0.160. The molecule has 4 heteroatoms. The predicted molar refractivity (Wildman–Crippen MR) is 157 cm³/mol. The fourth-order valence-corrected chi connectivity index (χ4v) is 11.5. The summed E-state index contributed by atoms with van der Waals surface area (Å²) >= 11 is 0. The molecule has 0 aliphatic heterocycles. The quantitative estimate of drug-likeness (QED) is 0.401. The summed E-state index contributed by atoms with van der Waals surface area (Å²) in [5.41, 5.74) is 2.30. The maximum atomic E-state index is 14.8. The Hall–Kier alpha value is -1.97. The van der Waals surface area contributed by atoms with Crippen molar-refractivity contribution in [2.75, 3.05) is 0 Å². The number of rotatable bonds is 2. The molecule has 7 atom stereocenters. The Balaban J connectivity index is 1.62. The SMILES string of the molecule is CC1(C)CCC2(C(=O)O)CCC3(C)C(=C(c4cccc(F)c4)CC4C5(C)CCC(=O)C(C)(C)C5CCC43C)C2C1. The monoisotopic (exact) mass is 548 g/mol.